The van der Waals surface area contributed by atoms with Crippen LogP contribution in [0.4, 0.5) is 5.95 Å². The number of carbonyl (C=O) groups is 1. The summed E-state index contributed by atoms with van der Waals surface area (Å²) in [4.78, 5) is 26.4. The summed E-state index contributed by atoms with van der Waals surface area (Å²) in [6, 6.07) is 5.76. The highest BCUT2D eigenvalue weighted by atomic mass is 16.2. The molecule has 0 atom stereocenters. The Labute approximate surface area is 130 Å². The predicted molar refractivity (Wildman–Crippen MR) is 85.7 cm³/mol. The third-order valence-corrected chi connectivity index (χ3v) is 3.12. The second kappa shape index (κ2) is 7.49. The van der Waals surface area contributed by atoms with Crippen molar-refractivity contribution in [3.05, 3.63) is 48.0 Å². The molecule has 0 fully saturated rings. The molecule has 0 radical (unpaired) electrons. The van der Waals surface area contributed by atoms with E-state index in [9.17, 15) is 4.79 Å². The number of likely N-dealkylation sites (N-methyl/N-ethyl adjacent to an activating group) is 1. The van der Waals surface area contributed by atoms with Gasteiger partial charge in [0.2, 0.25) is 5.95 Å². The largest absolute Gasteiger partial charge is 0.352 e. The van der Waals surface area contributed by atoms with Gasteiger partial charge in [0.25, 0.3) is 5.91 Å². The van der Waals surface area contributed by atoms with E-state index in [2.05, 4.69) is 20.3 Å². The summed E-state index contributed by atoms with van der Waals surface area (Å²) in [5, 5.41) is 3.10. The van der Waals surface area contributed by atoms with Crippen LogP contribution in [-0.4, -0.2) is 45.4 Å². The Bertz CT molecular complexity index is 615. The Kier molecular flexibility index (Phi) is 5.41. The number of nitrogens with one attached hydrogen (secondary N) is 1. The molecular weight excluding hydrogens is 278 g/mol. The van der Waals surface area contributed by atoms with Crippen LogP contribution in [0.3, 0.4) is 0 Å². The first-order valence-corrected chi connectivity index (χ1v) is 7.30. The predicted octanol–water partition coefficient (Wildman–Crippen LogP) is 2.01. The average Bonchev–Trinajstić information content (AvgIpc) is 2.52. The van der Waals surface area contributed by atoms with E-state index in [1.165, 1.54) is 0 Å². The van der Waals surface area contributed by atoms with Gasteiger partial charge in [-0.3, -0.25) is 9.78 Å². The van der Waals surface area contributed by atoms with E-state index in [-0.39, 0.29) is 11.9 Å². The molecule has 0 bridgehead atoms. The van der Waals surface area contributed by atoms with Crippen molar-refractivity contribution in [3.63, 3.8) is 0 Å². The molecule has 0 saturated heterocycles. The van der Waals surface area contributed by atoms with Crippen molar-refractivity contribution in [2.24, 2.45) is 0 Å². The molecule has 116 valence electrons. The van der Waals surface area contributed by atoms with Crippen LogP contribution in [0.15, 0.2) is 36.8 Å². The molecular formula is C16H21N5O. The third-order valence-electron chi connectivity index (χ3n) is 3.12. The molecule has 2 rings (SSSR count). The van der Waals surface area contributed by atoms with Crippen molar-refractivity contribution in [1.82, 2.24) is 19.9 Å². The SMILES string of the molecule is CC(C)Nc1nccc(C(=O)N(C)CCc2ccncc2)n1. The zero-order valence-corrected chi connectivity index (χ0v) is 13.2. The number of hydrogen-bond acceptors (Lipinski definition) is 5. The van der Waals surface area contributed by atoms with Gasteiger partial charge >= 0.3 is 0 Å². The maximum Gasteiger partial charge on any atom is 0.272 e. The van der Waals surface area contributed by atoms with Gasteiger partial charge in [0.15, 0.2) is 0 Å². The number of carbonyl (C=O) groups excluding carboxylic acids is 1. The number of anilines is 1. The number of pyridine rings is 1. The van der Waals surface area contributed by atoms with Crippen LogP contribution in [0.25, 0.3) is 0 Å². The summed E-state index contributed by atoms with van der Waals surface area (Å²) < 4.78 is 0. The summed E-state index contributed by atoms with van der Waals surface area (Å²) in [5.74, 6) is 0.367. The fraction of sp³-hybridized carbons (Fsp3) is 0.375. The summed E-state index contributed by atoms with van der Waals surface area (Å²) in [6.07, 6.45) is 5.89. The van der Waals surface area contributed by atoms with Crippen LogP contribution in [0.2, 0.25) is 0 Å². The Balaban J connectivity index is 1.98. The van der Waals surface area contributed by atoms with Gasteiger partial charge in [0.05, 0.1) is 0 Å². The summed E-state index contributed by atoms with van der Waals surface area (Å²) in [7, 11) is 1.78. The molecule has 0 unspecified atom stereocenters. The zero-order valence-electron chi connectivity index (χ0n) is 13.2. The van der Waals surface area contributed by atoms with Crippen LogP contribution in [0, 0.1) is 0 Å². The van der Waals surface area contributed by atoms with Crippen LogP contribution >= 0.6 is 0 Å². The van der Waals surface area contributed by atoms with Gasteiger partial charge in [-0.2, -0.15) is 0 Å². The van der Waals surface area contributed by atoms with E-state index in [4.69, 9.17) is 0 Å². The smallest absolute Gasteiger partial charge is 0.272 e. The summed E-state index contributed by atoms with van der Waals surface area (Å²) >= 11 is 0. The second-order valence-corrected chi connectivity index (χ2v) is 5.40. The molecule has 1 amide bonds. The lowest BCUT2D eigenvalue weighted by atomic mass is 10.2. The Morgan fingerprint density at radius 3 is 2.64 bits per heavy atom. The molecule has 0 spiro atoms. The third kappa shape index (κ3) is 4.51. The van der Waals surface area contributed by atoms with Gasteiger partial charge < -0.3 is 10.2 Å². The lowest BCUT2D eigenvalue weighted by Crippen LogP contribution is -2.30. The Hall–Kier alpha value is -2.50. The van der Waals surface area contributed by atoms with E-state index in [0.717, 1.165) is 12.0 Å². The maximum atomic E-state index is 12.4. The quantitative estimate of drug-likeness (QED) is 0.883. The molecule has 0 saturated carbocycles. The van der Waals surface area contributed by atoms with Gasteiger partial charge in [-0.15, -0.1) is 0 Å². The van der Waals surface area contributed by atoms with Gasteiger partial charge in [-0.1, -0.05) is 0 Å². The van der Waals surface area contributed by atoms with Crippen LogP contribution in [-0.2, 0) is 6.42 Å². The van der Waals surface area contributed by atoms with Crippen LogP contribution in [0.5, 0.6) is 0 Å². The highest BCUT2D eigenvalue weighted by molar-refractivity contribution is 5.92. The van der Waals surface area contributed by atoms with Crippen LogP contribution in [0.1, 0.15) is 29.9 Å². The molecule has 6 heteroatoms. The van der Waals surface area contributed by atoms with Crippen molar-refractivity contribution in [3.8, 4) is 0 Å². The van der Waals surface area contributed by atoms with Crippen molar-refractivity contribution in [2.75, 3.05) is 18.9 Å². The highest BCUT2D eigenvalue weighted by Gasteiger charge is 2.14. The van der Waals surface area contributed by atoms with E-state index < -0.39 is 0 Å². The van der Waals surface area contributed by atoms with E-state index in [1.54, 1.807) is 36.6 Å². The standard InChI is InChI=1S/C16H21N5O/c1-12(2)19-16-18-10-6-14(20-16)15(22)21(3)11-7-13-4-8-17-9-5-13/h4-6,8-10,12H,7,11H2,1-3H3,(H,18,19,20). The van der Waals surface area contributed by atoms with Crippen molar-refractivity contribution in [1.29, 1.82) is 0 Å². The van der Waals surface area contributed by atoms with Crippen molar-refractivity contribution >= 4 is 11.9 Å². The molecule has 2 aromatic heterocycles. The molecule has 0 aliphatic heterocycles. The summed E-state index contributed by atoms with van der Waals surface area (Å²) in [5.41, 5.74) is 1.55. The number of nitrogens with zero attached hydrogens (tertiary/aromatic N) is 4. The zero-order chi connectivity index (χ0) is 15.9. The van der Waals surface area contributed by atoms with E-state index >= 15 is 0 Å². The van der Waals surface area contributed by atoms with E-state index in [0.29, 0.717) is 18.2 Å². The number of aromatic nitrogens is 3. The fourth-order valence-corrected chi connectivity index (χ4v) is 1.95. The van der Waals surface area contributed by atoms with Gasteiger partial charge in [0.1, 0.15) is 5.69 Å². The topological polar surface area (TPSA) is 71.0 Å². The number of hydrogen-bond donors (Lipinski definition) is 1. The fourth-order valence-electron chi connectivity index (χ4n) is 1.95. The van der Waals surface area contributed by atoms with Gasteiger partial charge in [-0.05, 0) is 44.0 Å². The Morgan fingerprint density at radius 2 is 1.95 bits per heavy atom. The second-order valence-electron chi connectivity index (χ2n) is 5.40. The molecule has 2 heterocycles. The van der Waals surface area contributed by atoms with Crippen molar-refractivity contribution < 1.29 is 4.79 Å². The molecule has 22 heavy (non-hydrogen) atoms. The highest BCUT2D eigenvalue weighted by Crippen LogP contribution is 2.06. The monoisotopic (exact) mass is 299 g/mol. The average molecular weight is 299 g/mol. The molecule has 1 N–H and O–H groups in total. The minimum atomic E-state index is -0.108. The molecule has 0 aliphatic rings. The molecule has 2 aromatic rings. The number of amides is 1. The molecule has 0 aliphatic carbocycles. The molecule has 0 aromatic carbocycles. The minimum Gasteiger partial charge on any atom is -0.352 e. The first-order chi connectivity index (χ1) is 10.6. The minimum absolute atomic E-state index is 0.108. The lowest BCUT2D eigenvalue weighted by molar-refractivity contribution is 0.0791. The molecule has 6 nitrogen and oxygen atoms in total. The van der Waals surface area contributed by atoms with Gasteiger partial charge in [0, 0.05) is 38.2 Å². The maximum absolute atomic E-state index is 12.4. The lowest BCUT2D eigenvalue weighted by Gasteiger charge is -2.17. The van der Waals surface area contributed by atoms with Crippen molar-refractivity contribution in [2.45, 2.75) is 26.3 Å². The van der Waals surface area contributed by atoms with Gasteiger partial charge in [-0.25, -0.2) is 9.97 Å². The summed E-state index contributed by atoms with van der Waals surface area (Å²) in [6.45, 7) is 4.62. The van der Waals surface area contributed by atoms with Crippen LogP contribution < -0.4 is 5.32 Å². The van der Waals surface area contributed by atoms with E-state index in [1.807, 2.05) is 26.0 Å². The normalized spacial score (nSPS) is 10.5. The first kappa shape index (κ1) is 15.9. The Morgan fingerprint density at radius 1 is 1.23 bits per heavy atom. The number of rotatable bonds is 6. The first-order valence-electron chi connectivity index (χ1n) is 7.30.